The van der Waals surface area contributed by atoms with Gasteiger partial charge in [0, 0.05) is 6.54 Å². The first-order chi connectivity index (χ1) is 7.15. The van der Waals surface area contributed by atoms with Crippen molar-refractivity contribution in [2.45, 2.75) is 38.4 Å². The summed E-state index contributed by atoms with van der Waals surface area (Å²) in [7, 11) is 0. The normalized spacial score (nSPS) is 17.5. The molecular formula is C9H15N5O. The fourth-order valence-corrected chi connectivity index (χ4v) is 1.38. The third kappa shape index (κ3) is 1.99. The topological polar surface area (TPSA) is 85.8 Å². The van der Waals surface area contributed by atoms with Crippen LogP contribution in [0.15, 0.2) is 6.33 Å². The van der Waals surface area contributed by atoms with Crippen molar-refractivity contribution in [3.63, 3.8) is 0 Å². The predicted octanol–water partition coefficient (Wildman–Crippen LogP) is -0.594. The van der Waals surface area contributed by atoms with E-state index in [1.54, 1.807) is 6.33 Å². The van der Waals surface area contributed by atoms with E-state index in [2.05, 4.69) is 15.5 Å². The molecule has 0 aromatic carbocycles. The molecule has 0 radical (unpaired) electrons. The number of nitrogens with one attached hydrogen (secondary N) is 1. The van der Waals surface area contributed by atoms with Crippen LogP contribution < -0.4 is 11.1 Å². The maximum atomic E-state index is 11.5. The van der Waals surface area contributed by atoms with Gasteiger partial charge in [-0.2, -0.15) is 0 Å². The van der Waals surface area contributed by atoms with Crippen molar-refractivity contribution in [1.29, 1.82) is 0 Å². The molecule has 0 aliphatic heterocycles. The fourth-order valence-electron chi connectivity index (χ4n) is 1.38. The van der Waals surface area contributed by atoms with Gasteiger partial charge >= 0.3 is 0 Å². The average molecular weight is 209 g/mol. The van der Waals surface area contributed by atoms with Gasteiger partial charge in [0.15, 0.2) is 5.82 Å². The molecule has 6 nitrogen and oxygen atoms in total. The molecule has 15 heavy (non-hydrogen) atoms. The Balaban J connectivity index is 1.90. The van der Waals surface area contributed by atoms with E-state index in [9.17, 15) is 4.79 Å². The summed E-state index contributed by atoms with van der Waals surface area (Å²) in [5.41, 5.74) is 5.13. The van der Waals surface area contributed by atoms with Gasteiger partial charge in [-0.3, -0.25) is 4.79 Å². The minimum atomic E-state index is -0.614. The quantitative estimate of drug-likeness (QED) is 0.693. The summed E-state index contributed by atoms with van der Waals surface area (Å²) in [6.45, 7) is 3.19. The SMILES string of the molecule is CCn1cnnc1CNC(=O)C1(N)CC1. The minimum absolute atomic E-state index is 0.0897. The van der Waals surface area contributed by atoms with Crippen LogP contribution in [0.2, 0.25) is 0 Å². The van der Waals surface area contributed by atoms with Crippen LogP contribution in [0.3, 0.4) is 0 Å². The molecule has 1 aliphatic carbocycles. The Morgan fingerprint density at radius 3 is 3.07 bits per heavy atom. The van der Waals surface area contributed by atoms with Crippen LogP contribution in [-0.4, -0.2) is 26.2 Å². The van der Waals surface area contributed by atoms with E-state index in [-0.39, 0.29) is 5.91 Å². The van der Waals surface area contributed by atoms with Crippen LogP contribution in [0.1, 0.15) is 25.6 Å². The first kappa shape index (κ1) is 10.1. The van der Waals surface area contributed by atoms with Crippen LogP contribution in [0.5, 0.6) is 0 Å². The number of aromatic nitrogens is 3. The van der Waals surface area contributed by atoms with Crippen molar-refractivity contribution >= 4 is 5.91 Å². The smallest absolute Gasteiger partial charge is 0.240 e. The molecule has 1 amide bonds. The van der Waals surface area contributed by atoms with Gasteiger partial charge in [-0.25, -0.2) is 0 Å². The van der Waals surface area contributed by atoms with E-state index in [1.165, 1.54) is 0 Å². The number of nitrogens with two attached hydrogens (primary N) is 1. The van der Waals surface area contributed by atoms with Crippen molar-refractivity contribution in [1.82, 2.24) is 20.1 Å². The van der Waals surface area contributed by atoms with E-state index in [4.69, 9.17) is 5.73 Å². The van der Waals surface area contributed by atoms with Crippen molar-refractivity contribution in [2.75, 3.05) is 0 Å². The molecular weight excluding hydrogens is 194 g/mol. The van der Waals surface area contributed by atoms with Crippen LogP contribution in [0, 0.1) is 0 Å². The summed E-state index contributed by atoms with van der Waals surface area (Å²) in [6, 6.07) is 0. The number of nitrogens with zero attached hydrogens (tertiary/aromatic N) is 3. The van der Waals surface area contributed by atoms with Crippen molar-refractivity contribution in [2.24, 2.45) is 5.73 Å². The fraction of sp³-hybridized carbons (Fsp3) is 0.667. The number of carbonyl (C=O) groups is 1. The van der Waals surface area contributed by atoms with Crippen molar-refractivity contribution in [3.8, 4) is 0 Å². The number of amides is 1. The van der Waals surface area contributed by atoms with Gasteiger partial charge < -0.3 is 15.6 Å². The van der Waals surface area contributed by atoms with E-state index in [0.29, 0.717) is 6.54 Å². The largest absolute Gasteiger partial charge is 0.347 e. The van der Waals surface area contributed by atoms with Gasteiger partial charge in [0.05, 0.1) is 12.1 Å². The van der Waals surface area contributed by atoms with Gasteiger partial charge in [0.1, 0.15) is 6.33 Å². The Kier molecular flexibility index (Phi) is 2.44. The van der Waals surface area contributed by atoms with Crippen molar-refractivity contribution < 1.29 is 4.79 Å². The molecule has 0 atom stereocenters. The second-order valence-corrected chi connectivity index (χ2v) is 3.87. The summed E-state index contributed by atoms with van der Waals surface area (Å²) >= 11 is 0. The molecule has 1 saturated carbocycles. The summed E-state index contributed by atoms with van der Waals surface area (Å²) in [4.78, 5) is 11.5. The third-order valence-electron chi connectivity index (χ3n) is 2.68. The molecule has 1 aliphatic rings. The molecule has 1 aromatic rings. The Labute approximate surface area is 87.9 Å². The van der Waals surface area contributed by atoms with Crippen molar-refractivity contribution in [3.05, 3.63) is 12.2 Å². The molecule has 0 bridgehead atoms. The molecule has 1 aromatic heterocycles. The molecule has 1 heterocycles. The number of hydrogen-bond donors (Lipinski definition) is 2. The third-order valence-corrected chi connectivity index (χ3v) is 2.68. The highest BCUT2D eigenvalue weighted by Gasteiger charge is 2.45. The lowest BCUT2D eigenvalue weighted by molar-refractivity contribution is -0.123. The Morgan fingerprint density at radius 2 is 2.47 bits per heavy atom. The molecule has 6 heteroatoms. The monoisotopic (exact) mass is 209 g/mol. The first-order valence-corrected chi connectivity index (χ1v) is 5.09. The lowest BCUT2D eigenvalue weighted by atomic mass is 10.3. The maximum Gasteiger partial charge on any atom is 0.240 e. The highest BCUT2D eigenvalue weighted by molar-refractivity contribution is 5.88. The summed E-state index contributed by atoms with van der Waals surface area (Å²) in [5, 5.41) is 10.5. The average Bonchev–Trinajstić information content (AvgIpc) is 2.83. The van der Waals surface area contributed by atoms with E-state index in [1.807, 2.05) is 11.5 Å². The minimum Gasteiger partial charge on any atom is -0.347 e. The van der Waals surface area contributed by atoms with E-state index >= 15 is 0 Å². The second kappa shape index (κ2) is 3.62. The van der Waals surface area contributed by atoms with Crippen LogP contribution >= 0.6 is 0 Å². The van der Waals surface area contributed by atoms with Crippen LogP contribution in [-0.2, 0) is 17.9 Å². The first-order valence-electron chi connectivity index (χ1n) is 5.09. The number of rotatable bonds is 4. The summed E-state index contributed by atoms with van der Waals surface area (Å²) < 4.78 is 1.89. The Hall–Kier alpha value is -1.43. The molecule has 0 saturated heterocycles. The Bertz CT molecular complexity index is 368. The maximum absolute atomic E-state index is 11.5. The molecule has 3 N–H and O–H groups in total. The van der Waals surface area contributed by atoms with Gasteiger partial charge in [-0.15, -0.1) is 10.2 Å². The second-order valence-electron chi connectivity index (χ2n) is 3.87. The summed E-state index contributed by atoms with van der Waals surface area (Å²) in [6.07, 6.45) is 3.20. The lowest BCUT2D eigenvalue weighted by Crippen LogP contribution is -2.42. The molecule has 0 spiro atoms. The number of aryl methyl sites for hydroxylation is 1. The van der Waals surface area contributed by atoms with Crippen LogP contribution in [0.25, 0.3) is 0 Å². The molecule has 82 valence electrons. The standard InChI is InChI=1S/C9H15N5O/c1-2-14-6-12-13-7(14)5-11-8(15)9(10)3-4-9/h6H,2-5,10H2,1H3,(H,11,15). The van der Waals surface area contributed by atoms with Gasteiger partial charge in [0.2, 0.25) is 5.91 Å². The Morgan fingerprint density at radius 1 is 1.73 bits per heavy atom. The number of carbonyl (C=O) groups excluding carboxylic acids is 1. The van der Waals surface area contributed by atoms with E-state index < -0.39 is 5.54 Å². The molecule has 2 rings (SSSR count). The van der Waals surface area contributed by atoms with E-state index in [0.717, 1.165) is 25.2 Å². The molecule has 0 unspecified atom stereocenters. The zero-order valence-corrected chi connectivity index (χ0v) is 8.73. The zero-order valence-electron chi connectivity index (χ0n) is 8.73. The highest BCUT2D eigenvalue weighted by atomic mass is 16.2. The van der Waals surface area contributed by atoms with Gasteiger partial charge in [-0.1, -0.05) is 0 Å². The number of hydrogen-bond acceptors (Lipinski definition) is 4. The highest BCUT2D eigenvalue weighted by Crippen LogP contribution is 2.32. The van der Waals surface area contributed by atoms with Gasteiger partial charge in [0.25, 0.3) is 0 Å². The van der Waals surface area contributed by atoms with Gasteiger partial charge in [-0.05, 0) is 19.8 Å². The predicted molar refractivity (Wildman–Crippen MR) is 53.7 cm³/mol. The lowest BCUT2D eigenvalue weighted by Gasteiger charge is -2.09. The summed E-state index contributed by atoms with van der Waals surface area (Å²) in [5.74, 6) is 0.670. The zero-order chi connectivity index (χ0) is 10.9. The molecule has 1 fully saturated rings. The van der Waals surface area contributed by atoms with Crippen LogP contribution in [0.4, 0.5) is 0 Å².